The molecule has 0 saturated carbocycles. The molecule has 0 aromatic heterocycles. The van der Waals surface area contributed by atoms with E-state index in [1.807, 2.05) is 30.2 Å². The Labute approximate surface area is 325 Å². The third-order valence-electron chi connectivity index (χ3n) is 12.5. The molecule has 1 heterocycles. The second-order valence-corrected chi connectivity index (χ2v) is 16.7. The highest BCUT2D eigenvalue weighted by Crippen LogP contribution is 2.45. The van der Waals surface area contributed by atoms with Crippen LogP contribution < -0.4 is 0 Å². The molecule has 1 aliphatic heterocycles. The first-order valence-electron chi connectivity index (χ1n) is 21.8. The smallest absolute Gasteiger partial charge is 0.337 e. The van der Waals surface area contributed by atoms with Crippen molar-refractivity contribution in [2.75, 3.05) is 13.2 Å². The fraction of sp³-hybridized carbons (Fsp3) is 0.804. The molecular weight excluding hydrogens is 663 g/mol. The van der Waals surface area contributed by atoms with Crippen LogP contribution in [0.3, 0.4) is 0 Å². The lowest BCUT2D eigenvalue weighted by Crippen LogP contribution is -2.67. The van der Waals surface area contributed by atoms with Crippen LogP contribution in [-0.4, -0.2) is 53.2 Å². The molecule has 7 atom stereocenters. The quantitative estimate of drug-likeness (QED) is 0.0624. The Balaban J connectivity index is 2.33. The van der Waals surface area contributed by atoms with E-state index in [4.69, 9.17) is 14.3 Å². The summed E-state index contributed by atoms with van der Waals surface area (Å²) >= 11 is 0. The van der Waals surface area contributed by atoms with E-state index in [9.17, 15) is 14.4 Å². The maximum absolute atomic E-state index is 14.2. The molecule has 0 radical (unpaired) electrons. The summed E-state index contributed by atoms with van der Waals surface area (Å²) in [6, 6.07) is 10.2. The molecule has 1 fully saturated rings. The predicted molar refractivity (Wildman–Crippen MR) is 218 cm³/mol. The van der Waals surface area contributed by atoms with Crippen molar-refractivity contribution in [2.45, 2.75) is 207 Å². The lowest BCUT2D eigenvalue weighted by molar-refractivity contribution is -0.315. The molecular formula is C46H79NO6. The van der Waals surface area contributed by atoms with Crippen LogP contribution in [-0.2, 0) is 28.7 Å². The summed E-state index contributed by atoms with van der Waals surface area (Å²) in [7, 11) is 0. The van der Waals surface area contributed by atoms with Gasteiger partial charge in [-0.2, -0.15) is 5.06 Å². The van der Waals surface area contributed by atoms with Gasteiger partial charge in [0.25, 0.3) is 0 Å². The number of esters is 2. The van der Waals surface area contributed by atoms with Crippen LogP contribution in [0.25, 0.3) is 0 Å². The third kappa shape index (κ3) is 15.1. The minimum Gasteiger partial charge on any atom is -0.465 e. The molecule has 53 heavy (non-hydrogen) atoms. The zero-order valence-electron chi connectivity index (χ0n) is 35.5. The molecule has 7 unspecified atom stereocenters. The number of Topliss-reactive ketones (excluding diaryl/α,β-unsaturated/α-hetero) is 1. The minimum absolute atomic E-state index is 0.0635. The number of benzene rings is 1. The summed E-state index contributed by atoms with van der Waals surface area (Å²) in [6.45, 7) is 19.7. The number of carbonyl (C=O) groups excluding carboxylic acids is 3. The topological polar surface area (TPSA) is 82.1 Å². The van der Waals surface area contributed by atoms with Crippen molar-refractivity contribution in [3.05, 3.63) is 35.9 Å². The molecule has 1 aliphatic rings. The number of ether oxygens (including phenoxy) is 2. The van der Waals surface area contributed by atoms with Gasteiger partial charge in [-0.15, -0.1) is 0 Å². The molecule has 0 N–H and O–H groups in total. The first-order chi connectivity index (χ1) is 25.4. The molecule has 0 aliphatic carbocycles. The van der Waals surface area contributed by atoms with E-state index >= 15 is 0 Å². The number of ketones is 1. The second-order valence-electron chi connectivity index (χ2n) is 16.7. The first-order valence-corrected chi connectivity index (χ1v) is 21.8. The predicted octanol–water partition coefficient (Wildman–Crippen LogP) is 12.0. The zero-order chi connectivity index (χ0) is 39.3. The Kier molecular flexibility index (Phi) is 22.1. The van der Waals surface area contributed by atoms with E-state index in [0.717, 1.165) is 50.5 Å². The van der Waals surface area contributed by atoms with E-state index in [2.05, 4.69) is 67.5 Å². The molecule has 0 spiro atoms. The van der Waals surface area contributed by atoms with Crippen LogP contribution in [0, 0.1) is 17.8 Å². The van der Waals surface area contributed by atoms with E-state index in [0.29, 0.717) is 44.8 Å². The second kappa shape index (κ2) is 25.0. The fourth-order valence-electron chi connectivity index (χ4n) is 7.98. The highest BCUT2D eigenvalue weighted by Gasteiger charge is 2.55. The fourth-order valence-corrected chi connectivity index (χ4v) is 7.98. The van der Waals surface area contributed by atoms with Crippen molar-refractivity contribution in [3.8, 4) is 0 Å². The normalized spacial score (nSPS) is 23.0. The number of carbonyl (C=O) groups is 3. The van der Waals surface area contributed by atoms with Crippen LogP contribution in [0.15, 0.2) is 30.3 Å². The monoisotopic (exact) mass is 742 g/mol. The van der Waals surface area contributed by atoms with Gasteiger partial charge in [-0.1, -0.05) is 156 Å². The average molecular weight is 742 g/mol. The van der Waals surface area contributed by atoms with Crippen molar-refractivity contribution in [3.63, 3.8) is 0 Å². The summed E-state index contributed by atoms with van der Waals surface area (Å²) in [6.07, 6.45) is 17.5. The number of unbranched alkanes of at least 4 members (excludes halogenated alkanes) is 10. The zero-order valence-corrected chi connectivity index (χ0v) is 35.5. The van der Waals surface area contributed by atoms with Gasteiger partial charge in [0.15, 0.2) is 6.10 Å². The van der Waals surface area contributed by atoms with Crippen molar-refractivity contribution in [1.82, 2.24) is 5.06 Å². The maximum atomic E-state index is 14.2. The van der Waals surface area contributed by atoms with Crippen LogP contribution in [0.5, 0.6) is 0 Å². The highest BCUT2D eigenvalue weighted by molar-refractivity contribution is 5.84. The van der Waals surface area contributed by atoms with Gasteiger partial charge in [-0.05, 0) is 69.8 Å². The number of nitrogens with zero attached hydrogens (tertiary/aromatic N) is 1. The van der Waals surface area contributed by atoms with Crippen molar-refractivity contribution in [2.24, 2.45) is 17.8 Å². The van der Waals surface area contributed by atoms with E-state index in [1.54, 1.807) is 0 Å². The summed E-state index contributed by atoms with van der Waals surface area (Å²) in [5, 5.41) is 1.96. The molecule has 304 valence electrons. The van der Waals surface area contributed by atoms with Crippen LogP contribution in [0.4, 0.5) is 0 Å². The van der Waals surface area contributed by atoms with Crippen molar-refractivity contribution < 1.29 is 28.7 Å². The van der Waals surface area contributed by atoms with Gasteiger partial charge >= 0.3 is 11.9 Å². The molecule has 1 aromatic rings. The van der Waals surface area contributed by atoms with E-state index in [-0.39, 0.29) is 30.0 Å². The Morgan fingerprint density at radius 2 is 1.40 bits per heavy atom. The lowest BCUT2D eigenvalue weighted by Gasteiger charge is -2.56. The SMILES string of the molecule is CCCCCCCCCCCCOC(=O)C(CC(CC(C)c1ccccc1)C(=O)OCC(CC)CCCC)ON1C(C)(CC)CC(=O)C(C)C1(C)CC. The molecule has 0 bridgehead atoms. The number of hydrogen-bond donors (Lipinski definition) is 0. The van der Waals surface area contributed by atoms with Gasteiger partial charge in [0.05, 0.1) is 30.2 Å². The van der Waals surface area contributed by atoms with Crippen LogP contribution in [0.1, 0.15) is 196 Å². The summed E-state index contributed by atoms with van der Waals surface area (Å²) in [5.74, 6) is -0.984. The Hall–Kier alpha value is -2.25. The molecule has 1 saturated heterocycles. The summed E-state index contributed by atoms with van der Waals surface area (Å²) < 4.78 is 12.1. The largest absolute Gasteiger partial charge is 0.465 e. The van der Waals surface area contributed by atoms with Gasteiger partial charge < -0.3 is 9.47 Å². The number of hydrogen-bond acceptors (Lipinski definition) is 7. The van der Waals surface area contributed by atoms with Gasteiger partial charge in [0.2, 0.25) is 0 Å². The molecule has 2 rings (SSSR count). The Morgan fingerprint density at radius 1 is 0.792 bits per heavy atom. The average Bonchev–Trinajstić information content (AvgIpc) is 3.16. The van der Waals surface area contributed by atoms with Gasteiger partial charge in [-0.3, -0.25) is 14.4 Å². The number of piperidine rings is 1. The highest BCUT2D eigenvalue weighted by atomic mass is 16.7. The van der Waals surface area contributed by atoms with E-state index in [1.165, 1.54) is 44.9 Å². The third-order valence-corrected chi connectivity index (χ3v) is 12.5. The summed E-state index contributed by atoms with van der Waals surface area (Å²) in [5.41, 5.74) is -0.0956. The van der Waals surface area contributed by atoms with E-state index < -0.39 is 29.1 Å². The Bertz CT molecular complexity index is 1170. The number of rotatable bonds is 28. The molecule has 0 amide bonds. The van der Waals surface area contributed by atoms with Gasteiger partial charge in [0, 0.05) is 12.3 Å². The number of hydroxylamine groups is 2. The Morgan fingerprint density at radius 3 is 1.96 bits per heavy atom. The van der Waals surface area contributed by atoms with Crippen LogP contribution >= 0.6 is 0 Å². The maximum Gasteiger partial charge on any atom is 0.337 e. The molecule has 7 nitrogen and oxygen atoms in total. The standard InChI is InChI=1S/C46H79NO6/c1-10-15-17-18-19-20-21-22-23-27-31-51-44(50)42(53-47-45(8,13-4)34-41(48)37(7)46(47,9)14-5)33-40(32-36(6)39-29-25-24-26-30-39)43(49)52-35-38(12-3)28-16-11-2/h24-26,29-30,36-38,40,42H,10-23,27-28,31-35H2,1-9H3. The molecule has 1 aromatic carbocycles. The summed E-state index contributed by atoms with van der Waals surface area (Å²) in [4.78, 5) is 48.5. The molecule has 7 heteroatoms. The van der Waals surface area contributed by atoms with Gasteiger partial charge in [0.1, 0.15) is 5.78 Å². The van der Waals surface area contributed by atoms with Gasteiger partial charge in [-0.25, -0.2) is 4.79 Å². The minimum atomic E-state index is -1.02. The lowest BCUT2D eigenvalue weighted by atomic mass is 9.70. The van der Waals surface area contributed by atoms with Crippen molar-refractivity contribution >= 4 is 17.7 Å². The van der Waals surface area contributed by atoms with Crippen LogP contribution in [0.2, 0.25) is 0 Å². The van der Waals surface area contributed by atoms with Crippen molar-refractivity contribution in [1.29, 1.82) is 0 Å². The first kappa shape index (κ1) is 46.9.